The Morgan fingerprint density at radius 2 is 0.909 bits per heavy atom. The van der Waals surface area contributed by atoms with Gasteiger partial charge in [-0.2, -0.15) is 12.6 Å². The van der Waals surface area contributed by atoms with Crippen LogP contribution in [-0.2, 0) is 31.2 Å². The fourth-order valence-corrected chi connectivity index (χ4v) is 12.4. The Morgan fingerprint density at radius 3 is 1.40 bits per heavy atom. The lowest BCUT2D eigenvalue weighted by atomic mass is 10.0. The maximum absolute atomic E-state index is 13.1. The maximum Gasteiger partial charge on any atom is 0.209 e. The highest BCUT2D eigenvalue weighted by molar-refractivity contribution is 7.98. The van der Waals surface area contributed by atoms with Crippen LogP contribution in [0, 0.1) is 0 Å². The van der Waals surface area contributed by atoms with Gasteiger partial charge >= 0.3 is 0 Å². The molecule has 6 aromatic rings. The first kappa shape index (κ1) is 41.3. The van der Waals surface area contributed by atoms with Crippen LogP contribution in [0.2, 0.25) is 25.1 Å². The van der Waals surface area contributed by atoms with Crippen LogP contribution in [0.3, 0.4) is 0 Å². The van der Waals surface area contributed by atoms with Gasteiger partial charge in [-0.15, -0.1) is 11.8 Å². The van der Waals surface area contributed by atoms with Crippen molar-refractivity contribution in [3.05, 3.63) is 180 Å². The van der Waals surface area contributed by atoms with E-state index in [2.05, 4.69) is 12.6 Å². The number of halogens is 5. The van der Waals surface area contributed by atoms with Crippen LogP contribution in [0.4, 0.5) is 0 Å². The van der Waals surface area contributed by atoms with Crippen molar-refractivity contribution in [3.63, 3.8) is 0 Å². The summed E-state index contributed by atoms with van der Waals surface area (Å²) in [5.41, 5.74) is 2.52. The third kappa shape index (κ3) is 8.12. The number of ketones is 2. The Balaban J connectivity index is 0.000000159. The Labute approximate surface area is 353 Å². The molecule has 8 rings (SSSR count). The number of carbonyl (C=O) groups excluding carboxylic acids is 2. The molecule has 0 aliphatic carbocycles. The molecule has 0 amide bonds. The van der Waals surface area contributed by atoms with Crippen molar-refractivity contribution >= 4 is 114 Å². The molecule has 280 valence electrons. The Hall–Kier alpha value is -3.29. The van der Waals surface area contributed by atoms with E-state index in [0.29, 0.717) is 21.4 Å². The summed E-state index contributed by atoms with van der Waals surface area (Å²) < 4.78 is 51.2. The van der Waals surface area contributed by atoms with Gasteiger partial charge in [0.1, 0.15) is 9.79 Å². The average molecular weight is 907 g/mol. The first-order chi connectivity index (χ1) is 26.2. The standard InChI is InChI=1S/C20H12Cl2O3S2.C13H6Cl2O3S.C7H7ClS/c21-15-7-3-1-5-12(15)11-26-16-10-9-14-19(23)13-6-2-4-8-17(13)27(24,25)20(14)18(16)22;14-9-6-5-8-12(16)7-3-1-2-4-10(7)19(17,18)13(8)11(9)15;8-7-4-2-1-3-6(7)5-9/h1-10H,11H2;1-6H;1-4,9H,5H2. The normalized spacial score (nSPS) is 14.1. The molecule has 2 heterocycles. The highest BCUT2D eigenvalue weighted by Crippen LogP contribution is 2.44. The van der Waals surface area contributed by atoms with Gasteiger partial charge < -0.3 is 0 Å². The fourth-order valence-electron chi connectivity index (χ4n) is 5.75. The van der Waals surface area contributed by atoms with Gasteiger partial charge in [-0.25, -0.2) is 16.8 Å². The summed E-state index contributed by atoms with van der Waals surface area (Å²) in [6.45, 7) is 0. The summed E-state index contributed by atoms with van der Waals surface area (Å²) in [7, 11) is -7.70. The zero-order valence-electron chi connectivity index (χ0n) is 28.0. The molecular formula is C40H25Cl5O6S4. The van der Waals surface area contributed by atoms with Crippen LogP contribution in [0.25, 0.3) is 0 Å². The molecule has 15 heteroatoms. The Kier molecular flexibility index (Phi) is 12.8. The van der Waals surface area contributed by atoms with Gasteiger partial charge in [-0.1, -0.05) is 119 Å². The monoisotopic (exact) mass is 904 g/mol. The fraction of sp³-hybridized carbons (Fsp3) is 0.0500. The lowest BCUT2D eigenvalue weighted by Crippen LogP contribution is -2.20. The largest absolute Gasteiger partial charge is 0.289 e. The van der Waals surface area contributed by atoms with Gasteiger partial charge in [-0.05, 0) is 71.8 Å². The van der Waals surface area contributed by atoms with Crippen LogP contribution < -0.4 is 0 Å². The second-order valence-electron chi connectivity index (χ2n) is 11.8. The summed E-state index contributed by atoms with van der Waals surface area (Å²) in [4.78, 5) is 25.3. The number of sulfone groups is 2. The number of hydrogen-bond acceptors (Lipinski definition) is 8. The molecule has 2 aliphatic heterocycles. The van der Waals surface area contributed by atoms with Gasteiger partial charge in [0.2, 0.25) is 19.7 Å². The first-order valence-corrected chi connectivity index (χ1v) is 22.5. The average Bonchev–Trinajstić information content (AvgIpc) is 3.18. The van der Waals surface area contributed by atoms with E-state index < -0.39 is 19.7 Å². The van der Waals surface area contributed by atoms with Crippen molar-refractivity contribution in [1.29, 1.82) is 0 Å². The molecule has 55 heavy (non-hydrogen) atoms. The van der Waals surface area contributed by atoms with E-state index in [1.807, 2.05) is 42.5 Å². The SMILES string of the molecule is O=C1c2ccccc2S(=O)(=O)c2c1ccc(Cl)c2Cl.O=C1c2ccccc2S(=O)(=O)c2c1ccc(SCc1ccccc1Cl)c2Cl.SCc1ccccc1Cl. The first-order valence-electron chi connectivity index (χ1n) is 16.0. The summed E-state index contributed by atoms with van der Waals surface area (Å²) in [5, 5.41) is 1.51. The summed E-state index contributed by atoms with van der Waals surface area (Å²) in [5.74, 6) is 0.543. The van der Waals surface area contributed by atoms with Gasteiger partial charge in [0.05, 0.1) is 24.9 Å². The van der Waals surface area contributed by atoms with Crippen LogP contribution in [0.15, 0.2) is 146 Å². The number of carbonyl (C=O) groups is 2. The van der Waals surface area contributed by atoms with Crippen molar-refractivity contribution in [3.8, 4) is 0 Å². The molecule has 2 aliphatic rings. The molecule has 0 fully saturated rings. The summed E-state index contributed by atoms with van der Waals surface area (Å²) >= 11 is 35.7. The molecular weight excluding hydrogens is 882 g/mol. The highest BCUT2D eigenvalue weighted by Gasteiger charge is 2.38. The zero-order valence-corrected chi connectivity index (χ0v) is 35.1. The predicted molar refractivity (Wildman–Crippen MR) is 224 cm³/mol. The number of thioether (sulfide) groups is 1. The van der Waals surface area contributed by atoms with Gasteiger partial charge in [0.25, 0.3) is 0 Å². The van der Waals surface area contributed by atoms with E-state index in [1.54, 1.807) is 36.4 Å². The molecule has 6 aromatic carbocycles. The quantitative estimate of drug-likeness (QED) is 0.139. The summed E-state index contributed by atoms with van der Waals surface area (Å²) in [6.07, 6.45) is 0. The molecule has 0 radical (unpaired) electrons. The lowest BCUT2D eigenvalue weighted by Gasteiger charge is -2.21. The third-order valence-electron chi connectivity index (χ3n) is 8.45. The van der Waals surface area contributed by atoms with Gasteiger partial charge in [-0.3, -0.25) is 9.59 Å². The second-order valence-corrected chi connectivity index (χ2v) is 18.8. The highest BCUT2D eigenvalue weighted by atomic mass is 35.5. The van der Waals surface area contributed by atoms with Crippen molar-refractivity contribution in [1.82, 2.24) is 0 Å². The van der Waals surface area contributed by atoms with E-state index in [1.165, 1.54) is 54.2 Å². The van der Waals surface area contributed by atoms with Crippen molar-refractivity contribution in [2.24, 2.45) is 0 Å². The second kappa shape index (κ2) is 17.1. The van der Waals surface area contributed by atoms with Crippen LogP contribution in [0.5, 0.6) is 0 Å². The topological polar surface area (TPSA) is 102 Å². The van der Waals surface area contributed by atoms with Crippen LogP contribution in [0.1, 0.15) is 43.0 Å². The molecule has 0 atom stereocenters. The van der Waals surface area contributed by atoms with Crippen LogP contribution >= 0.6 is 82.4 Å². The minimum atomic E-state index is -3.87. The van der Waals surface area contributed by atoms with E-state index in [0.717, 1.165) is 16.1 Å². The lowest BCUT2D eigenvalue weighted by molar-refractivity contribution is 0.102. The Bertz CT molecular complexity index is 2740. The molecule has 0 spiro atoms. The van der Waals surface area contributed by atoms with Crippen molar-refractivity contribution in [2.45, 2.75) is 36.0 Å². The van der Waals surface area contributed by atoms with Gasteiger partial charge in [0, 0.05) is 48.7 Å². The molecule has 0 bridgehead atoms. The minimum absolute atomic E-state index is 0.00217. The van der Waals surface area contributed by atoms with E-state index in [9.17, 15) is 26.4 Å². The summed E-state index contributed by atoms with van der Waals surface area (Å²) in [6, 6.07) is 33.4. The smallest absolute Gasteiger partial charge is 0.209 e. The van der Waals surface area contributed by atoms with Gasteiger partial charge in [0.15, 0.2) is 11.6 Å². The van der Waals surface area contributed by atoms with E-state index in [4.69, 9.17) is 58.0 Å². The van der Waals surface area contributed by atoms with Crippen LogP contribution in [-0.4, -0.2) is 28.4 Å². The molecule has 0 saturated heterocycles. The van der Waals surface area contributed by atoms with Crippen molar-refractivity contribution < 1.29 is 26.4 Å². The third-order valence-corrected chi connectivity index (χ3v) is 16.0. The number of fused-ring (bicyclic) bond motifs is 4. The zero-order chi connectivity index (χ0) is 39.7. The number of thiol groups is 1. The van der Waals surface area contributed by atoms with E-state index >= 15 is 0 Å². The van der Waals surface area contributed by atoms with E-state index in [-0.39, 0.29) is 68.5 Å². The molecule has 0 N–H and O–H groups in total. The predicted octanol–water partition coefficient (Wildman–Crippen LogP) is 11.8. The molecule has 0 saturated carbocycles. The number of hydrogen-bond donors (Lipinski definition) is 1. The molecule has 0 aromatic heterocycles. The Morgan fingerprint density at radius 1 is 0.473 bits per heavy atom. The minimum Gasteiger partial charge on any atom is -0.289 e. The molecule has 0 unspecified atom stereocenters. The van der Waals surface area contributed by atoms with Crippen molar-refractivity contribution in [2.75, 3.05) is 0 Å². The number of benzene rings is 6. The molecule has 6 nitrogen and oxygen atoms in total. The number of rotatable bonds is 4. The maximum atomic E-state index is 13.1.